The average molecular weight is 508 g/mol. The van der Waals surface area contributed by atoms with Crippen molar-refractivity contribution in [2.75, 3.05) is 50.9 Å². The minimum atomic E-state index is -4.53. The molecule has 0 bridgehead atoms. The van der Waals surface area contributed by atoms with E-state index in [-0.39, 0.29) is 17.5 Å². The van der Waals surface area contributed by atoms with Crippen LogP contribution in [0, 0.1) is 12.8 Å². The van der Waals surface area contributed by atoms with E-state index in [1.54, 1.807) is 11.9 Å². The van der Waals surface area contributed by atoms with Gasteiger partial charge in [0.2, 0.25) is 5.91 Å². The van der Waals surface area contributed by atoms with Gasteiger partial charge in [-0.05, 0) is 59.2 Å². The molecule has 1 saturated heterocycles. The van der Waals surface area contributed by atoms with Gasteiger partial charge in [-0.3, -0.25) is 9.48 Å². The van der Waals surface area contributed by atoms with Crippen molar-refractivity contribution >= 4 is 23.1 Å². The molecule has 2 aromatic heterocycles. The third-order valence-corrected chi connectivity index (χ3v) is 7.27. The monoisotopic (exact) mass is 507 g/mol. The second kappa shape index (κ2) is 11.1. The smallest absolute Gasteiger partial charge is 0.384 e. The lowest BCUT2D eigenvalue weighted by molar-refractivity contribution is -0.137. The van der Waals surface area contributed by atoms with Crippen molar-refractivity contribution in [3.8, 4) is 0 Å². The number of piperidine rings is 1. The number of aromatic nitrogens is 3. The second-order valence-corrected chi connectivity index (χ2v) is 10.0. The van der Waals surface area contributed by atoms with Gasteiger partial charge in [0.15, 0.2) is 0 Å². The number of alkyl halides is 3. The Morgan fingerprint density at radius 2 is 1.92 bits per heavy atom. The maximum absolute atomic E-state index is 13.6. The lowest BCUT2D eigenvalue weighted by Gasteiger charge is -2.29. The first-order valence-corrected chi connectivity index (χ1v) is 12.7. The second-order valence-electron chi connectivity index (χ2n) is 10.0. The molecular formula is C25H36F3N7O. The summed E-state index contributed by atoms with van der Waals surface area (Å²) in [6, 6.07) is 1.70. The number of likely N-dealkylation sites (tertiary alicyclic amines) is 1. The molecule has 1 saturated carbocycles. The van der Waals surface area contributed by atoms with Crippen LogP contribution in [0.3, 0.4) is 0 Å². The van der Waals surface area contributed by atoms with E-state index in [2.05, 4.69) is 32.7 Å². The highest BCUT2D eigenvalue weighted by molar-refractivity contribution is 5.79. The van der Waals surface area contributed by atoms with Gasteiger partial charge in [-0.15, -0.1) is 0 Å². The van der Waals surface area contributed by atoms with Crippen LogP contribution < -0.4 is 10.6 Å². The van der Waals surface area contributed by atoms with Gasteiger partial charge < -0.3 is 20.4 Å². The van der Waals surface area contributed by atoms with Crippen LogP contribution >= 0.6 is 0 Å². The predicted molar refractivity (Wildman–Crippen MR) is 133 cm³/mol. The summed E-state index contributed by atoms with van der Waals surface area (Å²) in [5.74, 6) is 0.554. The lowest BCUT2D eigenvalue weighted by Crippen LogP contribution is -2.37. The Balaban J connectivity index is 1.40. The Morgan fingerprint density at radius 3 is 2.56 bits per heavy atom. The maximum atomic E-state index is 13.6. The van der Waals surface area contributed by atoms with Crippen LogP contribution in [0.5, 0.6) is 0 Å². The number of amides is 1. The first-order valence-electron chi connectivity index (χ1n) is 12.7. The fourth-order valence-corrected chi connectivity index (χ4v) is 4.70. The SMILES string of the molecule is Cc1nn(C2CCN(C)CC2)cc1Nc1cc(NCCCN(C)C(=O)C2CCC2)c(C(F)(F)F)cn1. The van der Waals surface area contributed by atoms with Crippen LogP contribution in [0.4, 0.5) is 30.4 Å². The Morgan fingerprint density at radius 1 is 1.19 bits per heavy atom. The van der Waals surface area contributed by atoms with Gasteiger partial charge in [-0.25, -0.2) is 4.98 Å². The number of halogens is 3. The fraction of sp³-hybridized carbons (Fsp3) is 0.640. The van der Waals surface area contributed by atoms with Crippen molar-refractivity contribution in [1.82, 2.24) is 24.6 Å². The van der Waals surface area contributed by atoms with Crippen molar-refractivity contribution in [3.05, 3.63) is 29.7 Å². The maximum Gasteiger partial charge on any atom is 0.419 e. The number of hydrogen-bond donors (Lipinski definition) is 2. The highest BCUT2D eigenvalue weighted by Crippen LogP contribution is 2.36. The van der Waals surface area contributed by atoms with Crippen LogP contribution in [0.25, 0.3) is 0 Å². The van der Waals surface area contributed by atoms with Crippen LogP contribution in [0.15, 0.2) is 18.5 Å². The molecule has 2 aromatic rings. The van der Waals surface area contributed by atoms with E-state index >= 15 is 0 Å². The van der Waals surface area contributed by atoms with E-state index in [0.717, 1.165) is 62.8 Å². The molecule has 3 heterocycles. The van der Waals surface area contributed by atoms with E-state index in [4.69, 9.17) is 0 Å². The van der Waals surface area contributed by atoms with Crippen LogP contribution in [-0.2, 0) is 11.0 Å². The van der Waals surface area contributed by atoms with E-state index < -0.39 is 11.7 Å². The number of anilines is 3. The van der Waals surface area contributed by atoms with Gasteiger partial charge in [0.1, 0.15) is 5.82 Å². The standard InChI is InChI=1S/C25H36F3N7O/c1-17-22(16-35(32-17)19-8-12-33(2)13-9-19)31-23-14-21(20(15-30-23)25(26,27)28)29-10-5-11-34(3)24(36)18-6-4-7-18/h14-16,18-19H,4-13H2,1-3H3,(H2,29,30,31). The number of rotatable bonds is 9. The van der Waals surface area contributed by atoms with Crippen LogP contribution in [0.1, 0.15) is 55.8 Å². The fourth-order valence-electron chi connectivity index (χ4n) is 4.70. The van der Waals surface area contributed by atoms with Crippen molar-refractivity contribution in [2.45, 2.75) is 57.7 Å². The zero-order valence-corrected chi connectivity index (χ0v) is 21.2. The summed E-state index contributed by atoms with van der Waals surface area (Å²) in [5.41, 5.74) is 0.645. The molecule has 2 fully saturated rings. The van der Waals surface area contributed by atoms with E-state index in [0.29, 0.717) is 31.4 Å². The number of nitrogens with one attached hydrogen (secondary N) is 2. The van der Waals surface area contributed by atoms with Gasteiger partial charge >= 0.3 is 6.18 Å². The summed E-state index contributed by atoms with van der Waals surface area (Å²) in [6.07, 6.45) is 3.73. The van der Waals surface area contributed by atoms with Gasteiger partial charge in [0.25, 0.3) is 0 Å². The first-order chi connectivity index (χ1) is 17.1. The summed E-state index contributed by atoms with van der Waals surface area (Å²) < 4.78 is 42.8. The predicted octanol–water partition coefficient (Wildman–Crippen LogP) is 4.68. The summed E-state index contributed by atoms with van der Waals surface area (Å²) in [7, 11) is 3.86. The normalized spacial score (nSPS) is 17.6. The molecule has 2 aliphatic rings. The molecular weight excluding hydrogens is 471 g/mol. The van der Waals surface area contributed by atoms with Crippen LogP contribution in [-0.4, -0.2) is 70.7 Å². The Bertz CT molecular complexity index is 1040. The molecule has 0 aromatic carbocycles. The topological polar surface area (TPSA) is 78.3 Å². The molecule has 8 nitrogen and oxygen atoms in total. The quantitative estimate of drug-likeness (QED) is 0.480. The highest BCUT2D eigenvalue weighted by Gasteiger charge is 2.34. The number of pyridine rings is 1. The van der Waals surface area contributed by atoms with Crippen molar-refractivity contribution < 1.29 is 18.0 Å². The highest BCUT2D eigenvalue weighted by atomic mass is 19.4. The van der Waals surface area contributed by atoms with Crippen molar-refractivity contribution in [2.24, 2.45) is 5.92 Å². The molecule has 1 amide bonds. The zero-order valence-electron chi connectivity index (χ0n) is 21.2. The van der Waals surface area contributed by atoms with Gasteiger partial charge in [0.05, 0.1) is 28.7 Å². The third kappa shape index (κ3) is 6.29. The number of carbonyl (C=O) groups excluding carboxylic acids is 1. The zero-order chi connectivity index (χ0) is 25.9. The van der Waals surface area contributed by atoms with Crippen molar-refractivity contribution in [3.63, 3.8) is 0 Å². The van der Waals surface area contributed by atoms with Gasteiger partial charge in [0, 0.05) is 44.5 Å². The number of carbonyl (C=O) groups is 1. The molecule has 0 atom stereocenters. The number of aryl methyl sites for hydroxylation is 1. The van der Waals surface area contributed by atoms with E-state index in [1.165, 1.54) is 6.07 Å². The lowest BCUT2D eigenvalue weighted by atomic mass is 9.84. The summed E-state index contributed by atoms with van der Waals surface area (Å²) in [4.78, 5) is 20.3. The molecule has 0 spiro atoms. The van der Waals surface area contributed by atoms with Gasteiger partial charge in [-0.1, -0.05) is 6.42 Å². The molecule has 0 radical (unpaired) electrons. The largest absolute Gasteiger partial charge is 0.419 e. The molecule has 4 rings (SSSR count). The Labute approximate surface area is 210 Å². The summed E-state index contributed by atoms with van der Waals surface area (Å²) in [5, 5.41) is 10.7. The number of hydrogen-bond acceptors (Lipinski definition) is 6. The average Bonchev–Trinajstić information content (AvgIpc) is 3.15. The van der Waals surface area contributed by atoms with Crippen LogP contribution in [0.2, 0.25) is 0 Å². The minimum absolute atomic E-state index is 0.0339. The Kier molecular flexibility index (Phi) is 8.07. The molecule has 2 N–H and O–H groups in total. The molecule has 0 unspecified atom stereocenters. The Hall–Kier alpha value is -2.82. The third-order valence-electron chi connectivity index (χ3n) is 7.27. The van der Waals surface area contributed by atoms with E-state index in [9.17, 15) is 18.0 Å². The number of nitrogens with zero attached hydrogens (tertiary/aromatic N) is 5. The first kappa shape index (κ1) is 26.2. The molecule has 36 heavy (non-hydrogen) atoms. The van der Waals surface area contributed by atoms with Crippen molar-refractivity contribution in [1.29, 1.82) is 0 Å². The minimum Gasteiger partial charge on any atom is -0.384 e. The molecule has 1 aliphatic heterocycles. The molecule has 198 valence electrons. The molecule has 11 heteroatoms. The van der Waals surface area contributed by atoms with Gasteiger partial charge in [-0.2, -0.15) is 18.3 Å². The summed E-state index contributed by atoms with van der Waals surface area (Å²) in [6.45, 7) is 4.69. The van der Waals surface area contributed by atoms with E-state index in [1.807, 2.05) is 17.8 Å². The summed E-state index contributed by atoms with van der Waals surface area (Å²) >= 11 is 0. The molecule has 1 aliphatic carbocycles.